The molecule has 0 aliphatic rings. The average molecular weight is 359 g/mol. The van der Waals surface area contributed by atoms with Gasteiger partial charge in [-0.15, -0.1) is 0 Å². The highest BCUT2D eigenvalue weighted by atomic mass is 16.5. The third-order valence-electron chi connectivity index (χ3n) is 3.58. The number of methoxy groups -OCH3 is 3. The number of nitrogens with one attached hydrogen (secondary N) is 3. The number of anilines is 2. The van der Waals surface area contributed by atoms with E-state index < -0.39 is 0 Å². The van der Waals surface area contributed by atoms with Gasteiger partial charge in [-0.3, -0.25) is 4.79 Å². The Hall–Kier alpha value is -3.42. The zero-order valence-corrected chi connectivity index (χ0v) is 15.0. The summed E-state index contributed by atoms with van der Waals surface area (Å²) in [6.45, 7) is 0. The molecule has 2 aromatic carbocycles. The normalized spacial score (nSPS) is 9.85. The Morgan fingerprint density at radius 1 is 0.769 bits per heavy atom. The second-order valence-electron chi connectivity index (χ2n) is 5.12. The quantitative estimate of drug-likeness (QED) is 0.737. The summed E-state index contributed by atoms with van der Waals surface area (Å²) in [6.07, 6.45) is 0. The van der Waals surface area contributed by atoms with Crippen molar-refractivity contribution >= 4 is 23.3 Å². The Morgan fingerprint density at radius 3 is 1.85 bits per heavy atom. The predicted octanol–water partition coefficient (Wildman–Crippen LogP) is 2.72. The van der Waals surface area contributed by atoms with E-state index >= 15 is 0 Å². The average Bonchev–Trinajstić information content (AvgIpc) is 2.67. The number of amides is 3. The highest BCUT2D eigenvalue weighted by Gasteiger charge is 2.20. The molecule has 0 aliphatic carbocycles. The number of hydrogen-bond acceptors (Lipinski definition) is 5. The summed E-state index contributed by atoms with van der Waals surface area (Å²) in [5, 5.41) is 7.87. The minimum atomic E-state index is -0.366. The van der Waals surface area contributed by atoms with Crippen molar-refractivity contribution in [2.24, 2.45) is 0 Å². The fourth-order valence-electron chi connectivity index (χ4n) is 2.31. The fourth-order valence-corrected chi connectivity index (χ4v) is 2.31. The van der Waals surface area contributed by atoms with Gasteiger partial charge in [0.15, 0.2) is 11.5 Å². The molecule has 0 aromatic heterocycles. The van der Waals surface area contributed by atoms with E-state index in [2.05, 4.69) is 16.0 Å². The summed E-state index contributed by atoms with van der Waals surface area (Å²) >= 11 is 0. The van der Waals surface area contributed by atoms with Gasteiger partial charge in [-0.2, -0.15) is 0 Å². The zero-order chi connectivity index (χ0) is 19.1. The highest BCUT2D eigenvalue weighted by molar-refractivity contribution is 6.07. The minimum absolute atomic E-state index is 0.280. The lowest BCUT2D eigenvalue weighted by Crippen LogP contribution is -2.24. The maximum Gasteiger partial charge on any atom is 0.318 e. The number of urea groups is 1. The standard InChI is InChI=1S/C18H21N3O5/c1-19-18(23)21-12-7-5-11(6-8-12)20-17(22)13-9-10-14(24-2)16(26-4)15(13)25-3/h5-10H,1-4H3,(H,20,22)(H2,19,21,23). The second kappa shape index (κ2) is 8.61. The third-order valence-corrected chi connectivity index (χ3v) is 3.58. The van der Waals surface area contributed by atoms with E-state index in [1.54, 1.807) is 36.4 Å². The first-order chi connectivity index (χ1) is 12.5. The molecule has 0 spiro atoms. The van der Waals surface area contributed by atoms with Crippen LogP contribution in [0.2, 0.25) is 0 Å². The maximum absolute atomic E-state index is 12.6. The van der Waals surface area contributed by atoms with Crippen LogP contribution < -0.4 is 30.2 Å². The van der Waals surface area contributed by atoms with Crippen molar-refractivity contribution in [1.29, 1.82) is 0 Å². The van der Waals surface area contributed by atoms with E-state index in [0.29, 0.717) is 28.4 Å². The van der Waals surface area contributed by atoms with Crippen molar-refractivity contribution in [3.63, 3.8) is 0 Å². The van der Waals surface area contributed by atoms with Gasteiger partial charge in [-0.1, -0.05) is 0 Å². The van der Waals surface area contributed by atoms with E-state index in [1.807, 2.05) is 0 Å². The van der Waals surface area contributed by atoms with Gasteiger partial charge in [0.1, 0.15) is 0 Å². The van der Waals surface area contributed by atoms with Gasteiger partial charge >= 0.3 is 6.03 Å². The fraction of sp³-hybridized carbons (Fsp3) is 0.222. The van der Waals surface area contributed by atoms with E-state index in [1.165, 1.54) is 28.4 Å². The van der Waals surface area contributed by atoms with Crippen molar-refractivity contribution in [2.45, 2.75) is 0 Å². The lowest BCUT2D eigenvalue weighted by atomic mass is 10.1. The van der Waals surface area contributed by atoms with Gasteiger partial charge in [-0.05, 0) is 36.4 Å². The van der Waals surface area contributed by atoms with Gasteiger partial charge in [0.05, 0.1) is 26.9 Å². The molecule has 8 nitrogen and oxygen atoms in total. The van der Waals surface area contributed by atoms with Crippen LogP contribution >= 0.6 is 0 Å². The number of carbonyl (C=O) groups is 2. The molecule has 26 heavy (non-hydrogen) atoms. The molecule has 2 aromatic rings. The van der Waals surface area contributed by atoms with Gasteiger partial charge in [0, 0.05) is 18.4 Å². The lowest BCUT2D eigenvalue weighted by molar-refractivity contribution is 0.102. The Labute approximate surface area is 151 Å². The molecule has 0 aliphatic heterocycles. The summed E-state index contributed by atoms with van der Waals surface area (Å²) in [7, 11) is 5.96. The molecule has 3 N–H and O–H groups in total. The van der Waals surface area contributed by atoms with Crippen LogP contribution in [0.3, 0.4) is 0 Å². The Morgan fingerprint density at radius 2 is 1.35 bits per heavy atom. The molecule has 0 saturated heterocycles. The number of carbonyl (C=O) groups excluding carboxylic acids is 2. The lowest BCUT2D eigenvalue weighted by Gasteiger charge is -2.15. The molecule has 0 unspecified atom stereocenters. The largest absolute Gasteiger partial charge is 0.493 e. The summed E-state index contributed by atoms with van der Waals surface area (Å²) in [5.41, 5.74) is 1.47. The van der Waals surface area contributed by atoms with Crippen LogP contribution in [0.1, 0.15) is 10.4 Å². The van der Waals surface area contributed by atoms with Crippen molar-refractivity contribution in [3.8, 4) is 17.2 Å². The van der Waals surface area contributed by atoms with Crippen molar-refractivity contribution in [3.05, 3.63) is 42.0 Å². The van der Waals surface area contributed by atoms with Crippen LogP contribution in [-0.2, 0) is 0 Å². The van der Waals surface area contributed by atoms with Crippen molar-refractivity contribution in [1.82, 2.24) is 5.32 Å². The van der Waals surface area contributed by atoms with Gasteiger partial charge < -0.3 is 30.2 Å². The topological polar surface area (TPSA) is 97.9 Å². The Balaban J connectivity index is 2.21. The Kier molecular flexibility index (Phi) is 6.26. The molecule has 0 atom stereocenters. The molecular formula is C18H21N3O5. The van der Waals surface area contributed by atoms with Gasteiger partial charge in [0.2, 0.25) is 5.75 Å². The number of rotatable bonds is 6. The van der Waals surface area contributed by atoms with Crippen LogP contribution in [-0.4, -0.2) is 40.3 Å². The molecule has 2 rings (SSSR count). The minimum Gasteiger partial charge on any atom is -0.493 e. The molecule has 0 fully saturated rings. The van der Waals surface area contributed by atoms with Crippen molar-refractivity contribution in [2.75, 3.05) is 39.0 Å². The van der Waals surface area contributed by atoms with E-state index in [4.69, 9.17) is 14.2 Å². The summed E-state index contributed by atoms with van der Waals surface area (Å²) < 4.78 is 15.8. The summed E-state index contributed by atoms with van der Waals surface area (Å²) in [4.78, 5) is 23.9. The number of hydrogen-bond donors (Lipinski definition) is 3. The van der Waals surface area contributed by atoms with Crippen LogP contribution in [0, 0.1) is 0 Å². The molecular weight excluding hydrogens is 338 g/mol. The van der Waals surface area contributed by atoms with E-state index in [9.17, 15) is 9.59 Å². The summed E-state index contributed by atoms with van der Waals surface area (Å²) in [6, 6.07) is 9.61. The smallest absolute Gasteiger partial charge is 0.318 e. The van der Waals surface area contributed by atoms with E-state index in [-0.39, 0.29) is 17.7 Å². The molecule has 0 radical (unpaired) electrons. The monoisotopic (exact) mass is 359 g/mol. The number of ether oxygens (including phenoxy) is 3. The first kappa shape index (κ1) is 18.9. The van der Waals surface area contributed by atoms with Crippen LogP contribution in [0.25, 0.3) is 0 Å². The van der Waals surface area contributed by atoms with Gasteiger partial charge in [0.25, 0.3) is 5.91 Å². The molecule has 8 heteroatoms. The second-order valence-corrected chi connectivity index (χ2v) is 5.12. The highest BCUT2D eigenvalue weighted by Crippen LogP contribution is 2.39. The van der Waals surface area contributed by atoms with Crippen LogP contribution in [0.15, 0.2) is 36.4 Å². The molecule has 0 bridgehead atoms. The predicted molar refractivity (Wildman–Crippen MR) is 98.6 cm³/mol. The van der Waals surface area contributed by atoms with Crippen LogP contribution in [0.5, 0.6) is 17.2 Å². The summed E-state index contributed by atoms with van der Waals surface area (Å²) in [5.74, 6) is 0.718. The first-order valence-corrected chi connectivity index (χ1v) is 7.73. The molecule has 138 valence electrons. The molecule has 3 amide bonds. The van der Waals surface area contributed by atoms with Crippen molar-refractivity contribution < 1.29 is 23.8 Å². The van der Waals surface area contributed by atoms with Crippen LogP contribution in [0.4, 0.5) is 16.2 Å². The van der Waals surface area contributed by atoms with Gasteiger partial charge in [-0.25, -0.2) is 4.79 Å². The SMILES string of the molecule is CNC(=O)Nc1ccc(NC(=O)c2ccc(OC)c(OC)c2OC)cc1. The first-order valence-electron chi connectivity index (χ1n) is 7.73. The zero-order valence-electron chi connectivity index (χ0n) is 15.0. The van der Waals surface area contributed by atoms with E-state index in [0.717, 1.165) is 0 Å². The number of benzene rings is 2. The molecule has 0 saturated carbocycles. The maximum atomic E-state index is 12.6. The Bertz CT molecular complexity index is 790. The third kappa shape index (κ3) is 4.15. The molecule has 0 heterocycles.